The quantitative estimate of drug-likeness (QED) is 0.485. The molecule has 0 spiro atoms. The molecule has 5 atom stereocenters. The van der Waals surface area contributed by atoms with Crippen molar-refractivity contribution in [1.82, 2.24) is 14.8 Å². The van der Waals surface area contributed by atoms with Gasteiger partial charge in [-0.25, -0.2) is 18.0 Å². The first-order valence-electron chi connectivity index (χ1n) is 13.4. The first-order valence-corrected chi connectivity index (χ1v) is 14.8. The number of nitriles is 1. The molecule has 12 nitrogen and oxygen atoms in total. The predicted molar refractivity (Wildman–Crippen MR) is 142 cm³/mol. The van der Waals surface area contributed by atoms with Crippen LogP contribution in [0.1, 0.15) is 60.1 Å². The Balaban J connectivity index is 0.000000189. The van der Waals surface area contributed by atoms with E-state index in [1.807, 2.05) is 39.0 Å². The molecule has 3 saturated heterocycles. The summed E-state index contributed by atoms with van der Waals surface area (Å²) in [7, 11) is -3.89. The van der Waals surface area contributed by atoms with E-state index in [1.165, 1.54) is 4.90 Å². The highest BCUT2D eigenvalue weighted by molar-refractivity contribution is 7.82. The smallest absolute Gasteiger partial charge is 0.410 e. The zero-order chi connectivity index (χ0) is 29.5. The fourth-order valence-corrected chi connectivity index (χ4v) is 6.54. The van der Waals surface area contributed by atoms with Crippen molar-refractivity contribution in [2.45, 2.75) is 83.2 Å². The van der Waals surface area contributed by atoms with Crippen molar-refractivity contribution < 1.29 is 35.8 Å². The summed E-state index contributed by atoms with van der Waals surface area (Å²) in [6.07, 6.45) is 1.10. The number of nitrogens with zero attached hydrogens (tertiary/aromatic N) is 4. The third kappa shape index (κ3) is 6.67. The Morgan fingerprint density at radius 1 is 0.950 bits per heavy atom. The van der Waals surface area contributed by atoms with E-state index in [0.29, 0.717) is 32.0 Å². The summed E-state index contributed by atoms with van der Waals surface area (Å²) in [6, 6.07) is 8.16. The second-order valence-corrected chi connectivity index (χ2v) is 13.7. The number of likely N-dealkylation sites (tertiary alicyclic amines) is 2. The van der Waals surface area contributed by atoms with Gasteiger partial charge in [-0.2, -0.15) is 13.7 Å². The number of ether oxygens (including phenoxy) is 2. The summed E-state index contributed by atoms with van der Waals surface area (Å²) in [5.41, 5.74) is -0.769. The van der Waals surface area contributed by atoms with E-state index in [0.717, 1.165) is 12.1 Å². The molecule has 40 heavy (non-hydrogen) atoms. The van der Waals surface area contributed by atoms with Gasteiger partial charge in [-0.15, -0.1) is 0 Å². The summed E-state index contributed by atoms with van der Waals surface area (Å²) in [5.74, 6) is 0.458. The number of carbonyl (C=O) groups is 2. The van der Waals surface area contributed by atoms with E-state index in [1.54, 1.807) is 31.9 Å². The maximum Gasteiger partial charge on any atom is 0.410 e. The molecule has 1 aromatic heterocycles. The van der Waals surface area contributed by atoms with Crippen LogP contribution in [0.2, 0.25) is 0 Å². The van der Waals surface area contributed by atoms with Crippen LogP contribution < -0.4 is 0 Å². The van der Waals surface area contributed by atoms with Crippen molar-refractivity contribution in [3.05, 3.63) is 30.1 Å². The van der Waals surface area contributed by atoms with Gasteiger partial charge in [-0.3, -0.25) is 4.98 Å². The van der Waals surface area contributed by atoms with E-state index in [4.69, 9.17) is 17.8 Å². The van der Waals surface area contributed by atoms with Crippen LogP contribution in [0.4, 0.5) is 9.59 Å². The number of aromatic nitrogens is 1. The van der Waals surface area contributed by atoms with E-state index in [9.17, 15) is 23.3 Å². The largest absolute Gasteiger partial charge is 0.444 e. The summed E-state index contributed by atoms with van der Waals surface area (Å²) in [6.45, 7) is 12.7. The molecule has 1 aliphatic carbocycles. The number of piperidine rings is 2. The lowest BCUT2D eigenvalue weighted by Crippen LogP contribution is -2.49. The minimum atomic E-state index is -3.89. The zero-order valence-corrected chi connectivity index (χ0v) is 24.6. The van der Waals surface area contributed by atoms with E-state index < -0.39 is 45.3 Å². The van der Waals surface area contributed by atoms with Crippen molar-refractivity contribution in [1.29, 1.82) is 5.26 Å². The van der Waals surface area contributed by atoms with Crippen molar-refractivity contribution in [2.24, 2.45) is 11.8 Å². The van der Waals surface area contributed by atoms with Crippen molar-refractivity contribution in [3.8, 4) is 6.07 Å². The van der Waals surface area contributed by atoms with Gasteiger partial charge >= 0.3 is 22.6 Å². The van der Waals surface area contributed by atoms with Gasteiger partial charge in [0.2, 0.25) is 0 Å². The van der Waals surface area contributed by atoms with E-state index in [-0.39, 0.29) is 18.6 Å². The lowest BCUT2D eigenvalue weighted by Gasteiger charge is -2.33. The fourth-order valence-electron chi connectivity index (χ4n) is 5.48. The SMILES string of the molecule is CC(C)(C)OC(=O)N1CCC2C(C1)C2(C#N)c1ccccn1.CC(C)(C)OC(=O)N1CCC2OS(=O)(=O)OC2C1. The molecule has 4 aliphatic rings. The average Bonchev–Trinajstić information content (AvgIpc) is 3.40. The minimum absolute atomic E-state index is 0.161. The Morgan fingerprint density at radius 2 is 1.52 bits per heavy atom. The van der Waals surface area contributed by atoms with Crippen LogP contribution in [-0.4, -0.2) is 85.0 Å². The van der Waals surface area contributed by atoms with Crippen molar-refractivity contribution in [2.75, 3.05) is 26.2 Å². The molecule has 0 N–H and O–H groups in total. The van der Waals surface area contributed by atoms with Gasteiger partial charge < -0.3 is 19.3 Å². The van der Waals surface area contributed by atoms with Gasteiger partial charge in [0.15, 0.2) is 0 Å². The molecule has 3 aliphatic heterocycles. The standard InChI is InChI=1S/C17H21N3O2.C10H17NO6S/c1-16(2,3)22-15(21)20-9-7-12-13(10-20)17(12,11-18)14-6-4-5-8-19-14;1-10(2,3)15-9(12)11-5-4-7-8(6-11)17-18(13,14)16-7/h4-6,8,12-13H,7,9-10H2,1-3H3;7-8H,4-6H2,1-3H3. The highest BCUT2D eigenvalue weighted by atomic mass is 32.3. The molecule has 1 saturated carbocycles. The summed E-state index contributed by atoms with van der Waals surface area (Å²) < 4.78 is 42.4. The summed E-state index contributed by atoms with van der Waals surface area (Å²) >= 11 is 0. The Morgan fingerprint density at radius 3 is 2.08 bits per heavy atom. The number of hydrogen-bond donors (Lipinski definition) is 0. The van der Waals surface area contributed by atoms with Gasteiger partial charge in [-0.05, 0) is 72.4 Å². The second kappa shape index (κ2) is 10.8. The van der Waals surface area contributed by atoms with Gasteiger partial charge in [0.25, 0.3) is 0 Å². The fraction of sp³-hybridized carbons (Fsp3) is 0.704. The van der Waals surface area contributed by atoms with Crippen LogP contribution >= 0.6 is 0 Å². The maximum absolute atomic E-state index is 12.2. The first kappa shape index (κ1) is 30.0. The molecule has 0 bridgehead atoms. The van der Waals surface area contributed by atoms with Crippen LogP contribution in [-0.2, 0) is 33.7 Å². The van der Waals surface area contributed by atoms with Crippen LogP contribution in [0, 0.1) is 23.2 Å². The number of pyridine rings is 1. The molecule has 0 aromatic carbocycles. The first-order chi connectivity index (χ1) is 18.5. The molecular weight excluding hydrogens is 540 g/mol. The third-order valence-electron chi connectivity index (χ3n) is 7.23. The highest BCUT2D eigenvalue weighted by Crippen LogP contribution is 2.62. The Kier molecular flexibility index (Phi) is 8.10. The Bertz CT molecular complexity index is 1250. The third-order valence-corrected chi connectivity index (χ3v) is 8.20. The van der Waals surface area contributed by atoms with Crippen LogP contribution in [0.5, 0.6) is 0 Å². The lowest BCUT2D eigenvalue weighted by atomic mass is 9.98. The molecule has 13 heteroatoms. The Hall–Kier alpha value is -2.95. The topological polar surface area (TPSA) is 148 Å². The molecule has 0 radical (unpaired) electrons. The van der Waals surface area contributed by atoms with Gasteiger partial charge in [0.1, 0.15) is 28.8 Å². The molecule has 1 aromatic rings. The second-order valence-electron chi connectivity index (χ2n) is 12.5. The van der Waals surface area contributed by atoms with Gasteiger partial charge in [0, 0.05) is 31.7 Å². The molecular formula is C27H38N4O8S. The lowest BCUT2D eigenvalue weighted by molar-refractivity contribution is -0.000795. The zero-order valence-electron chi connectivity index (χ0n) is 23.8. The predicted octanol–water partition coefficient (Wildman–Crippen LogP) is 3.39. The van der Waals surface area contributed by atoms with Gasteiger partial charge in [0.05, 0.1) is 18.3 Å². The van der Waals surface area contributed by atoms with Crippen molar-refractivity contribution in [3.63, 3.8) is 0 Å². The highest BCUT2D eigenvalue weighted by Gasteiger charge is 2.69. The Labute approximate surface area is 235 Å². The summed E-state index contributed by atoms with van der Waals surface area (Å²) in [5, 5.41) is 9.73. The normalized spacial score (nSPS) is 30.5. The number of amides is 2. The molecule has 4 heterocycles. The minimum Gasteiger partial charge on any atom is -0.444 e. The van der Waals surface area contributed by atoms with E-state index in [2.05, 4.69) is 11.1 Å². The van der Waals surface area contributed by atoms with Gasteiger partial charge in [-0.1, -0.05) is 6.07 Å². The maximum atomic E-state index is 12.2. The van der Waals surface area contributed by atoms with E-state index >= 15 is 0 Å². The number of hydrogen-bond acceptors (Lipinski definition) is 10. The molecule has 2 amide bonds. The summed E-state index contributed by atoms with van der Waals surface area (Å²) in [4.78, 5) is 31.6. The van der Waals surface area contributed by atoms with Crippen LogP contribution in [0.25, 0.3) is 0 Å². The molecule has 5 unspecified atom stereocenters. The van der Waals surface area contributed by atoms with Crippen LogP contribution in [0.3, 0.4) is 0 Å². The average molecular weight is 579 g/mol. The molecule has 5 rings (SSSR count). The molecule has 220 valence electrons. The monoisotopic (exact) mass is 578 g/mol. The number of fused-ring (bicyclic) bond motifs is 2. The van der Waals surface area contributed by atoms with Crippen LogP contribution in [0.15, 0.2) is 24.4 Å². The van der Waals surface area contributed by atoms with Crippen molar-refractivity contribution >= 4 is 22.6 Å². The number of rotatable bonds is 1. The molecule has 4 fully saturated rings. The number of carbonyl (C=O) groups excluding carboxylic acids is 2.